The van der Waals surface area contributed by atoms with Crippen molar-refractivity contribution >= 4 is 39.4 Å². The van der Waals surface area contributed by atoms with E-state index in [9.17, 15) is 14.4 Å². The average molecular weight is 423 g/mol. The fourth-order valence-corrected chi connectivity index (χ4v) is 2.55. The summed E-state index contributed by atoms with van der Waals surface area (Å²) in [6.07, 6.45) is 1.39. The van der Waals surface area contributed by atoms with Gasteiger partial charge in [-0.05, 0) is 42.8 Å². The second-order valence-electron chi connectivity index (χ2n) is 5.52. The van der Waals surface area contributed by atoms with Gasteiger partial charge >= 0.3 is 5.97 Å². The van der Waals surface area contributed by atoms with E-state index in [0.717, 1.165) is 10.0 Å². The van der Waals surface area contributed by atoms with Crippen LogP contribution < -0.4 is 10.6 Å². The lowest BCUT2D eigenvalue weighted by atomic mass is 10.2. The smallest absolute Gasteiger partial charge is 0.306 e. The van der Waals surface area contributed by atoms with Crippen molar-refractivity contribution in [2.75, 3.05) is 11.9 Å². The molecule has 138 valence electrons. The van der Waals surface area contributed by atoms with E-state index in [-0.39, 0.29) is 25.3 Å². The maximum Gasteiger partial charge on any atom is 0.306 e. The lowest BCUT2D eigenvalue weighted by Crippen LogP contribution is -2.25. The summed E-state index contributed by atoms with van der Waals surface area (Å²) in [6.45, 7) is 1.71. The number of carbonyl (C=O) groups is 3. The Balaban J connectivity index is 1.64. The number of rotatable bonds is 8. The molecular formula is C18H19BrN2O5. The number of ether oxygens (including phenoxy) is 1. The van der Waals surface area contributed by atoms with Crippen LogP contribution in [0.15, 0.2) is 45.5 Å². The van der Waals surface area contributed by atoms with Crippen LogP contribution >= 0.6 is 15.9 Å². The average Bonchev–Trinajstić information content (AvgIpc) is 3.12. The van der Waals surface area contributed by atoms with Crippen LogP contribution in [0.4, 0.5) is 5.69 Å². The van der Waals surface area contributed by atoms with Gasteiger partial charge in [0.2, 0.25) is 5.91 Å². The molecule has 0 saturated carbocycles. The van der Waals surface area contributed by atoms with E-state index >= 15 is 0 Å². The zero-order valence-corrected chi connectivity index (χ0v) is 15.8. The quantitative estimate of drug-likeness (QED) is 0.637. The van der Waals surface area contributed by atoms with E-state index in [1.54, 1.807) is 24.3 Å². The summed E-state index contributed by atoms with van der Waals surface area (Å²) in [6, 6.07) is 8.88. The third-order valence-corrected chi connectivity index (χ3v) is 3.92. The van der Waals surface area contributed by atoms with Crippen LogP contribution in [0, 0.1) is 6.92 Å². The summed E-state index contributed by atoms with van der Waals surface area (Å²) in [4.78, 5) is 35.1. The Bertz CT molecular complexity index is 774. The highest BCUT2D eigenvalue weighted by molar-refractivity contribution is 9.10. The molecule has 2 N–H and O–H groups in total. The highest BCUT2D eigenvalue weighted by atomic mass is 79.9. The van der Waals surface area contributed by atoms with Gasteiger partial charge in [-0.1, -0.05) is 15.9 Å². The molecule has 0 saturated heterocycles. The Morgan fingerprint density at radius 2 is 1.96 bits per heavy atom. The highest BCUT2D eigenvalue weighted by Crippen LogP contribution is 2.19. The van der Waals surface area contributed by atoms with Crippen molar-refractivity contribution < 1.29 is 23.5 Å². The van der Waals surface area contributed by atoms with E-state index in [0.29, 0.717) is 11.4 Å². The molecule has 2 aromatic rings. The van der Waals surface area contributed by atoms with Gasteiger partial charge in [-0.25, -0.2) is 0 Å². The molecule has 0 aliphatic carbocycles. The molecule has 0 aliphatic rings. The van der Waals surface area contributed by atoms with Gasteiger partial charge in [0.05, 0.1) is 19.2 Å². The first-order chi connectivity index (χ1) is 12.4. The molecule has 0 atom stereocenters. The molecule has 0 spiro atoms. The number of hydrogen-bond donors (Lipinski definition) is 2. The Morgan fingerprint density at radius 1 is 1.15 bits per heavy atom. The molecule has 8 heteroatoms. The van der Waals surface area contributed by atoms with Crippen LogP contribution in [-0.4, -0.2) is 24.4 Å². The molecule has 1 aromatic heterocycles. The van der Waals surface area contributed by atoms with Crippen LogP contribution in [-0.2, 0) is 25.7 Å². The molecule has 2 rings (SSSR count). The molecule has 0 aliphatic heterocycles. The molecule has 7 nitrogen and oxygen atoms in total. The van der Waals surface area contributed by atoms with Crippen LogP contribution in [0.5, 0.6) is 0 Å². The number of furan rings is 1. The summed E-state index contributed by atoms with van der Waals surface area (Å²) in [5, 5.41) is 5.29. The molecule has 1 aromatic carbocycles. The van der Waals surface area contributed by atoms with Crippen LogP contribution in [0.3, 0.4) is 0 Å². The first kappa shape index (κ1) is 19.7. The summed E-state index contributed by atoms with van der Waals surface area (Å²) in [7, 11) is 0. The van der Waals surface area contributed by atoms with Crippen molar-refractivity contribution in [3.05, 3.63) is 52.4 Å². The third kappa shape index (κ3) is 6.72. The Hall–Kier alpha value is -2.61. The largest absolute Gasteiger partial charge is 0.467 e. The maximum absolute atomic E-state index is 11.8. The lowest BCUT2D eigenvalue weighted by Gasteiger charge is -2.09. The van der Waals surface area contributed by atoms with Gasteiger partial charge in [0.1, 0.15) is 5.76 Å². The molecule has 0 unspecified atom stereocenters. The fraction of sp³-hybridized carbons (Fsp3) is 0.278. The van der Waals surface area contributed by atoms with Gasteiger partial charge in [0.25, 0.3) is 5.91 Å². The first-order valence-corrected chi connectivity index (χ1v) is 8.74. The molecule has 0 radical (unpaired) electrons. The molecule has 26 heavy (non-hydrogen) atoms. The number of carbonyl (C=O) groups excluding carboxylic acids is 3. The van der Waals surface area contributed by atoms with Crippen molar-refractivity contribution in [3.8, 4) is 0 Å². The van der Waals surface area contributed by atoms with Crippen molar-refractivity contribution in [1.29, 1.82) is 0 Å². The number of anilines is 1. The third-order valence-electron chi connectivity index (χ3n) is 3.42. The van der Waals surface area contributed by atoms with Gasteiger partial charge in [0.15, 0.2) is 6.61 Å². The van der Waals surface area contributed by atoms with E-state index in [1.165, 1.54) is 6.26 Å². The summed E-state index contributed by atoms with van der Waals surface area (Å²) >= 11 is 3.34. The number of halogens is 1. The van der Waals surface area contributed by atoms with Gasteiger partial charge in [-0.3, -0.25) is 14.4 Å². The lowest BCUT2D eigenvalue weighted by molar-refractivity contribution is -0.148. The van der Waals surface area contributed by atoms with Gasteiger partial charge < -0.3 is 19.8 Å². The number of esters is 1. The van der Waals surface area contributed by atoms with Gasteiger partial charge in [-0.15, -0.1) is 0 Å². The zero-order chi connectivity index (χ0) is 18.9. The van der Waals surface area contributed by atoms with Crippen molar-refractivity contribution in [3.63, 3.8) is 0 Å². The maximum atomic E-state index is 11.8. The topological polar surface area (TPSA) is 97.6 Å². The van der Waals surface area contributed by atoms with Gasteiger partial charge in [-0.2, -0.15) is 0 Å². The van der Waals surface area contributed by atoms with Gasteiger partial charge in [0, 0.05) is 16.6 Å². The molecular weight excluding hydrogens is 404 g/mol. The summed E-state index contributed by atoms with van der Waals surface area (Å²) in [5.41, 5.74) is 1.53. The van der Waals surface area contributed by atoms with Crippen LogP contribution in [0.1, 0.15) is 24.2 Å². The minimum absolute atomic E-state index is 0.0209. The van der Waals surface area contributed by atoms with Crippen LogP contribution in [0.25, 0.3) is 0 Å². The number of nitrogens with one attached hydrogen (secondary N) is 2. The fourth-order valence-electron chi connectivity index (χ4n) is 2.07. The minimum Gasteiger partial charge on any atom is -0.467 e. The van der Waals surface area contributed by atoms with Crippen molar-refractivity contribution in [2.24, 2.45) is 0 Å². The normalized spacial score (nSPS) is 10.2. The number of aryl methyl sites for hydroxylation is 1. The van der Waals surface area contributed by atoms with E-state index in [4.69, 9.17) is 9.15 Å². The monoisotopic (exact) mass is 422 g/mol. The Kier molecular flexibility index (Phi) is 7.40. The molecule has 1 heterocycles. The Labute approximate surface area is 159 Å². The standard InChI is InChI=1S/C18H19BrN2O5/c1-12-9-13(19)4-5-15(12)21-17(23)11-26-18(24)7-6-16(22)20-10-14-3-2-8-25-14/h2-5,8-9H,6-7,10-11H2,1H3,(H,20,22)(H,21,23). The van der Waals surface area contributed by atoms with E-state index < -0.39 is 18.5 Å². The highest BCUT2D eigenvalue weighted by Gasteiger charge is 2.11. The number of benzene rings is 1. The second-order valence-corrected chi connectivity index (χ2v) is 6.44. The second kappa shape index (κ2) is 9.76. The zero-order valence-electron chi connectivity index (χ0n) is 14.2. The summed E-state index contributed by atoms with van der Waals surface area (Å²) < 4.78 is 10.9. The molecule has 0 fully saturated rings. The van der Waals surface area contributed by atoms with Crippen molar-refractivity contribution in [2.45, 2.75) is 26.3 Å². The number of amides is 2. The first-order valence-electron chi connectivity index (χ1n) is 7.95. The SMILES string of the molecule is Cc1cc(Br)ccc1NC(=O)COC(=O)CCC(=O)NCc1ccco1. The number of hydrogen-bond acceptors (Lipinski definition) is 5. The predicted molar refractivity (Wildman–Crippen MR) is 98.3 cm³/mol. The van der Waals surface area contributed by atoms with Crippen molar-refractivity contribution in [1.82, 2.24) is 5.32 Å². The minimum atomic E-state index is -0.610. The molecule has 2 amide bonds. The van der Waals surface area contributed by atoms with Crippen LogP contribution in [0.2, 0.25) is 0 Å². The molecule has 0 bridgehead atoms. The van der Waals surface area contributed by atoms with E-state index in [1.807, 2.05) is 13.0 Å². The Morgan fingerprint density at radius 3 is 2.65 bits per heavy atom. The predicted octanol–water partition coefficient (Wildman–Crippen LogP) is 2.93. The van der Waals surface area contributed by atoms with E-state index in [2.05, 4.69) is 26.6 Å². The summed E-state index contributed by atoms with van der Waals surface area (Å²) in [5.74, 6) is -0.721.